The van der Waals surface area contributed by atoms with Crippen LogP contribution >= 0.6 is 0 Å². The van der Waals surface area contributed by atoms with Crippen LogP contribution in [0, 0.1) is 10.1 Å². The Kier molecular flexibility index (Phi) is 5.14. The molecule has 1 N–H and O–H groups in total. The normalized spacial score (nSPS) is 13.2. The molecule has 11 heteroatoms. The molecule has 0 amide bonds. The lowest BCUT2D eigenvalue weighted by Crippen LogP contribution is -2.39. The SMILES string of the molecule is CN(Cc1nc(-c2ccc([N+](=O)[O-])cc2)no1)CC(O)C(F)(F)F. The van der Waals surface area contributed by atoms with Gasteiger partial charge in [0.15, 0.2) is 6.10 Å². The topological polar surface area (TPSA) is 106 Å². The zero-order valence-electron chi connectivity index (χ0n) is 12.4. The fourth-order valence-corrected chi connectivity index (χ4v) is 1.86. The van der Waals surface area contributed by atoms with Crippen molar-refractivity contribution < 1.29 is 27.7 Å². The van der Waals surface area contributed by atoms with E-state index >= 15 is 0 Å². The summed E-state index contributed by atoms with van der Waals surface area (Å²) in [6, 6.07) is 5.42. The summed E-state index contributed by atoms with van der Waals surface area (Å²) in [6.07, 6.45) is -7.17. The molecular formula is C13H13F3N4O4. The van der Waals surface area contributed by atoms with Gasteiger partial charge in [-0.1, -0.05) is 5.16 Å². The van der Waals surface area contributed by atoms with Gasteiger partial charge < -0.3 is 9.63 Å². The van der Waals surface area contributed by atoms with E-state index in [1.54, 1.807) is 0 Å². The highest BCUT2D eigenvalue weighted by atomic mass is 19.4. The van der Waals surface area contributed by atoms with Gasteiger partial charge in [0, 0.05) is 24.2 Å². The number of hydrogen-bond donors (Lipinski definition) is 1. The number of rotatable bonds is 6. The van der Waals surface area contributed by atoms with Crippen LogP contribution in [0.2, 0.25) is 0 Å². The minimum atomic E-state index is -4.70. The summed E-state index contributed by atoms with van der Waals surface area (Å²) in [4.78, 5) is 15.2. The average molecular weight is 346 g/mol. The first kappa shape index (κ1) is 17.8. The summed E-state index contributed by atoms with van der Waals surface area (Å²) in [6.45, 7) is -0.730. The van der Waals surface area contributed by atoms with Crippen LogP contribution in [0.5, 0.6) is 0 Å². The monoisotopic (exact) mass is 346 g/mol. The molecule has 1 aromatic heterocycles. The molecule has 24 heavy (non-hydrogen) atoms. The highest BCUT2D eigenvalue weighted by Crippen LogP contribution is 2.22. The van der Waals surface area contributed by atoms with E-state index in [-0.39, 0.29) is 23.9 Å². The molecule has 0 radical (unpaired) electrons. The molecule has 0 fully saturated rings. The van der Waals surface area contributed by atoms with Crippen molar-refractivity contribution >= 4 is 5.69 Å². The van der Waals surface area contributed by atoms with Gasteiger partial charge in [-0.2, -0.15) is 18.2 Å². The first-order valence-electron chi connectivity index (χ1n) is 6.67. The second-order valence-electron chi connectivity index (χ2n) is 5.07. The Morgan fingerprint density at radius 3 is 2.54 bits per heavy atom. The molecule has 0 saturated heterocycles. The third-order valence-electron chi connectivity index (χ3n) is 3.07. The number of nitrogens with zero attached hydrogens (tertiary/aromatic N) is 4. The molecule has 0 aliphatic rings. The number of nitro groups is 1. The average Bonchev–Trinajstić information content (AvgIpc) is 2.94. The van der Waals surface area contributed by atoms with Crippen LogP contribution in [-0.4, -0.2) is 50.9 Å². The van der Waals surface area contributed by atoms with Crippen molar-refractivity contribution in [3.05, 3.63) is 40.3 Å². The number of non-ortho nitro benzene ring substituents is 1. The maximum absolute atomic E-state index is 12.3. The molecule has 130 valence electrons. The summed E-state index contributed by atoms with van der Waals surface area (Å²) < 4.78 is 41.8. The molecule has 2 aromatic rings. The number of nitro benzene ring substituents is 1. The molecule has 0 spiro atoms. The molecule has 0 saturated carbocycles. The highest BCUT2D eigenvalue weighted by Gasteiger charge is 2.38. The Morgan fingerprint density at radius 1 is 1.38 bits per heavy atom. The zero-order valence-corrected chi connectivity index (χ0v) is 12.4. The summed E-state index contributed by atoms with van der Waals surface area (Å²) in [5.74, 6) is 0.213. The maximum atomic E-state index is 12.3. The van der Waals surface area contributed by atoms with E-state index in [0.717, 1.165) is 0 Å². The number of benzene rings is 1. The van der Waals surface area contributed by atoms with Crippen molar-refractivity contribution in [3.63, 3.8) is 0 Å². The predicted octanol–water partition coefficient (Wildman–Crippen LogP) is 2.00. The van der Waals surface area contributed by atoms with Crippen LogP contribution in [0.15, 0.2) is 28.8 Å². The summed E-state index contributed by atoms with van der Waals surface area (Å²) in [5.41, 5.74) is 0.372. The standard InChI is InChI=1S/C13H13F3N4O4/c1-19(6-10(21)13(14,15)16)7-11-17-12(18-24-11)8-2-4-9(5-3-8)20(22)23/h2-5,10,21H,6-7H2,1H3. The fraction of sp³-hybridized carbons (Fsp3) is 0.385. The lowest BCUT2D eigenvalue weighted by atomic mass is 10.2. The van der Waals surface area contributed by atoms with E-state index < -0.39 is 23.7 Å². The number of alkyl halides is 3. The number of aliphatic hydroxyl groups excluding tert-OH is 1. The molecule has 1 aromatic carbocycles. The van der Waals surface area contributed by atoms with Gasteiger partial charge in [-0.3, -0.25) is 15.0 Å². The lowest BCUT2D eigenvalue weighted by molar-refractivity contribution is -0.384. The van der Waals surface area contributed by atoms with E-state index in [0.29, 0.717) is 5.56 Å². The van der Waals surface area contributed by atoms with E-state index in [1.165, 1.54) is 36.2 Å². The quantitative estimate of drug-likeness (QED) is 0.630. The van der Waals surface area contributed by atoms with Gasteiger partial charge in [-0.25, -0.2) is 0 Å². The van der Waals surface area contributed by atoms with Gasteiger partial charge in [0.25, 0.3) is 5.69 Å². The Balaban J connectivity index is 2.01. The van der Waals surface area contributed by atoms with Gasteiger partial charge >= 0.3 is 6.18 Å². The largest absolute Gasteiger partial charge is 0.415 e. The minimum Gasteiger partial charge on any atom is -0.382 e. The second kappa shape index (κ2) is 6.93. The Morgan fingerprint density at radius 2 is 2.00 bits per heavy atom. The van der Waals surface area contributed by atoms with Gasteiger partial charge in [-0.05, 0) is 19.2 Å². The number of aromatic nitrogens is 2. The van der Waals surface area contributed by atoms with Gasteiger partial charge in [0.1, 0.15) is 0 Å². The van der Waals surface area contributed by atoms with Crippen LogP contribution in [0.4, 0.5) is 18.9 Å². The molecule has 1 atom stereocenters. The van der Waals surface area contributed by atoms with Crippen molar-refractivity contribution in [2.75, 3.05) is 13.6 Å². The number of likely N-dealkylation sites (N-methyl/N-ethyl adjacent to an activating group) is 1. The number of aliphatic hydroxyl groups is 1. The summed E-state index contributed by atoms with van der Waals surface area (Å²) in [7, 11) is 1.37. The van der Waals surface area contributed by atoms with Crippen LogP contribution < -0.4 is 0 Å². The van der Waals surface area contributed by atoms with Crippen molar-refractivity contribution in [2.45, 2.75) is 18.8 Å². The third-order valence-corrected chi connectivity index (χ3v) is 3.07. The van der Waals surface area contributed by atoms with Crippen molar-refractivity contribution in [1.29, 1.82) is 0 Å². The maximum Gasteiger partial charge on any atom is 0.415 e. The Hall–Kier alpha value is -2.53. The molecule has 1 heterocycles. The summed E-state index contributed by atoms with van der Waals surface area (Å²) >= 11 is 0. The molecule has 8 nitrogen and oxygen atoms in total. The molecular weight excluding hydrogens is 333 g/mol. The molecule has 0 bridgehead atoms. The smallest absolute Gasteiger partial charge is 0.382 e. The van der Waals surface area contributed by atoms with Gasteiger partial charge in [0.05, 0.1) is 11.5 Å². The Labute approximate surface area is 133 Å². The minimum absolute atomic E-state index is 0.0558. The van der Waals surface area contributed by atoms with Crippen molar-refractivity contribution in [1.82, 2.24) is 15.0 Å². The van der Waals surface area contributed by atoms with Crippen LogP contribution in [0.3, 0.4) is 0 Å². The number of halogens is 3. The van der Waals surface area contributed by atoms with Crippen LogP contribution in [0.1, 0.15) is 5.89 Å². The Bertz CT molecular complexity index is 702. The van der Waals surface area contributed by atoms with E-state index in [4.69, 9.17) is 9.63 Å². The lowest BCUT2D eigenvalue weighted by Gasteiger charge is -2.20. The van der Waals surface area contributed by atoms with Gasteiger partial charge in [0.2, 0.25) is 11.7 Å². The predicted molar refractivity (Wildman–Crippen MR) is 74.8 cm³/mol. The van der Waals surface area contributed by atoms with Crippen molar-refractivity contribution in [2.24, 2.45) is 0 Å². The van der Waals surface area contributed by atoms with Gasteiger partial charge in [-0.15, -0.1) is 0 Å². The number of hydrogen-bond acceptors (Lipinski definition) is 7. The molecule has 1 unspecified atom stereocenters. The summed E-state index contributed by atoms with van der Waals surface area (Å²) in [5, 5.41) is 23.3. The van der Waals surface area contributed by atoms with E-state index in [2.05, 4.69) is 10.1 Å². The molecule has 2 rings (SSSR count). The van der Waals surface area contributed by atoms with Crippen molar-refractivity contribution in [3.8, 4) is 11.4 Å². The zero-order chi connectivity index (χ0) is 17.9. The van der Waals surface area contributed by atoms with Crippen LogP contribution in [-0.2, 0) is 6.54 Å². The third kappa shape index (κ3) is 4.49. The highest BCUT2D eigenvalue weighted by molar-refractivity contribution is 5.56. The molecule has 0 aliphatic heterocycles. The van der Waals surface area contributed by atoms with Crippen LogP contribution in [0.25, 0.3) is 11.4 Å². The van der Waals surface area contributed by atoms with E-state index in [1.807, 2.05) is 0 Å². The second-order valence-corrected chi connectivity index (χ2v) is 5.07. The fourth-order valence-electron chi connectivity index (χ4n) is 1.86. The first-order chi connectivity index (χ1) is 11.2. The van der Waals surface area contributed by atoms with E-state index in [9.17, 15) is 23.3 Å². The first-order valence-corrected chi connectivity index (χ1v) is 6.67. The molecule has 0 aliphatic carbocycles.